The van der Waals surface area contributed by atoms with Crippen molar-refractivity contribution in [1.82, 2.24) is 5.32 Å². The normalized spacial score (nSPS) is 36.2. The van der Waals surface area contributed by atoms with Crippen LogP contribution in [0.1, 0.15) is 56.6 Å². The van der Waals surface area contributed by atoms with Gasteiger partial charge < -0.3 is 5.11 Å². The Balaban J connectivity index is 1.45. The fourth-order valence-electron chi connectivity index (χ4n) is 6.30. The molecule has 0 spiro atoms. The lowest BCUT2D eigenvalue weighted by Gasteiger charge is -2.57. The number of rotatable bonds is 6. The molecule has 24 heavy (non-hydrogen) atoms. The van der Waals surface area contributed by atoms with Crippen molar-refractivity contribution in [3.05, 3.63) is 35.9 Å². The van der Waals surface area contributed by atoms with Crippen molar-refractivity contribution in [3.8, 4) is 6.07 Å². The van der Waals surface area contributed by atoms with Crippen molar-refractivity contribution >= 4 is 0 Å². The molecule has 0 aromatic heterocycles. The molecule has 1 aromatic rings. The standard InChI is InChI=1S/C21H28N2O/c22-13-19(23-20(14-24)18-4-2-1-3-5-18)12-21-9-15-6-16(10-21)8-17(7-15)11-21/h1-5,15-17,19-20,23-24H,6-12,14H2. The van der Waals surface area contributed by atoms with E-state index in [-0.39, 0.29) is 18.7 Å². The smallest absolute Gasteiger partial charge is 0.0963 e. The van der Waals surface area contributed by atoms with Crippen LogP contribution < -0.4 is 5.32 Å². The molecule has 4 fully saturated rings. The molecule has 128 valence electrons. The van der Waals surface area contributed by atoms with Crippen LogP contribution in [-0.2, 0) is 0 Å². The molecule has 3 nitrogen and oxygen atoms in total. The lowest BCUT2D eigenvalue weighted by molar-refractivity contribution is -0.0601. The van der Waals surface area contributed by atoms with Crippen molar-refractivity contribution in [3.63, 3.8) is 0 Å². The van der Waals surface area contributed by atoms with E-state index in [4.69, 9.17) is 0 Å². The van der Waals surface area contributed by atoms with E-state index in [1.807, 2.05) is 30.3 Å². The Bertz CT molecular complexity index is 571. The van der Waals surface area contributed by atoms with E-state index in [0.717, 1.165) is 29.7 Å². The lowest BCUT2D eigenvalue weighted by Crippen LogP contribution is -2.49. The Morgan fingerprint density at radius 3 is 2.17 bits per heavy atom. The molecule has 0 amide bonds. The average Bonchev–Trinajstić information content (AvgIpc) is 2.58. The van der Waals surface area contributed by atoms with Gasteiger partial charge in [0.1, 0.15) is 0 Å². The molecule has 0 aliphatic heterocycles. The van der Waals surface area contributed by atoms with Crippen LogP contribution in [0.15, 0.2) is 30.3 Å². The van der Waals surface area contributed by atoms with Gasteiger partial charge in [0.25, 0.3) is 0 Å². The molecule has 2 unspecified atom stereocenters. The second-order valence-corrected chi connectivity index (χ2v) is 8.62. The minimum Gasteiger partial charge on any atom is -0.394 e. The third-order valence-electron chi connectivity index (χ3n) is 6.74. The number of aliphatic hydroxyl groups excluding tert-OH is 1. The third-order valence-corrected chi connectivity index (χ3v) is 6.74. The Morgan fingerprint density at radius 1 is 1.08 bits per heavy atom. The number of benzene rings is 1. The maximum absolute atomic E-state index is 9.78. The molecule has 3 heteroatoms. The van der Waals surface area contributed by atoms with E-state index in [0.29, 0.717) is 5.41 Å². The van der Waals surface area contributed by atoms with Gasteiger partial charge in [-0.2, -0.15) is 5.26 Å². The maximum atomic E-state index is 9.78. The summed E-state index contributed by atoms with van der Waals surface area (Å²) in [7, 11) is 0. The van der Waals surface area contributed by atoms with E-state index in [9.17, 15) is 10.4 Å². The van der Waals surface area contributed by atoms with Crippen LogP contribution in [0.25, 0.3) is 0 Å². The zero-order valence-electron chi connectivity index (χ0n) is 14.3. The van der Waals surface area contributed by atoms with Gasteiger partial charge in [0, 0.05) is 0 Å². The van der Waals surface area contributed by atoms with Gasteiger partial charge in [-0.05, 0) is 73.7 Å². The lowest BCUT2D eigenvalue weighted by atomic mass is 9.48. The molecule has 0 heterocycles. The highest BCUT2D eigenvalue weighted by atomic mass is 16.3. The minimum absolute atomic E-state index is 0.0308. The molecule has 4 saturated carbocycles. The average molecular weight is 324 g/mol. The summed E-state index contributed by atoms with van der Waals surface area (Å²) in [6.45, 7) is 0.0308. The summed E-state index contributed by atoms with van der Waals surface area (Å²) >= 11 is 0. The fourth-order valence-corrected chi connectivity index (χ4v) is 6.30. The molecule has 0 radical (unpaired) electrons. The fraction of sp³-hybridized carbons (Fsp3) is 0.667. The summed E-state index contributed by atoms with van der Waals surface area (Å²) in [5, 5.41) is 22.9. The van der Waals surface area contributed by atoms with Gasteiger partial charge in [-0.15, -0.1) is 0 Å². The molecule has 0 saturated heterocycles. The predicted molar refractivity (Wildman–Crippen MR) is 94.0 cm³/mol. The highest BCUT2D eigenvalue weighted by molar-refractivity contribution is 5.20. The molecule has 5 rings (SSSR count). The molecule has 2 atom stereocenters. The van der Waals surface area contributed by atoms with Gasteiger partial charge in [0.2, 0.25) is 0 Å². The zero-order valence-corrected chi connectivity index (χ0v) is 14.3. The van der Waals surface area contributed by atoms with Gasteiger partial charge in [0.05, 0.1) is 24.8 Å². The van der Waals surface area contributed by atoms with Gasteiger partial charge in [-0.1, -0.05) is 30.3 Å². The zero-order chi connectivity index (χ0) is 16.6. The first-order valence-corrected chi connectivity index (χ1v) is 9.51. The third kappa shape index (κ3) is 3.10. The van der Waals surface area contributed by atoms with Crippen LogP contribution >= 0.6 is 0 Å². The number of nitrogens with one attached hydrogen (secondary N) is 1. The first-order chi connectivity index (χ1) is 11.7. The monoisotopic (exact) mass is 324 g/mol. The van der Waals surface area contributed by atoms with E-state index < -0.39 is 0 Å². The number of nitriles is 1. The van der Waals surface area contributed by atoms with E-state index in [1.54, 1.807) is 0 Å². The molecular formula is C21H28N2O. The highest BCUT2D eigenvalue weighted by Crippen LogP contribution is 2.61. The number of hydrogen-bond donors (Lipinski definition) is 2. The molecule has 1 aromatic carbocycles. The van der Waals surface area contributed by atoms with E-state index >= 15 is 0 Å². The summed E-state index contributed by atoms with van der Waals surface area (Å²) in [6.07, 6.45) is 9.25. The summed E-state index contributed by atoms with van der Waals surface area (Å²) in [4.78, 5) is 0. The first kappa shape index (κ1) is 16.1. The topological polar surface area (TPSA) is 56.0 Å². The summed E-state index contributed by atoms with van der Waals surface area (Å²) in [6, 6.07) is 12.2. The van der Waals surface area contributed by atoms with Crippen molar-refractivity contribution in [2.24, 2.45) is 23.2 Å². The van der Waals surface area contributed by atoms with Crippen molar-refractivity contribution in [1.29, 1.82) is 5.26 Å². The van der Waals surface area contributed by atoms with Crippen LogP contribution in [0.3, 0.4) is 0 Å². The van der Waals surface area contributed by atoms with Gasteiger partial charge in [-0.25, -0.2) is 0 Å². The SMILES string of the molecule is N#CC(CC12CC3CC(CC(C3)C1)C2)NC(CO)c1ccccc1. The molecule has 4 bridgehead atoms. The van der Waals surface area contributed by atoms with Crippen molar-refractivity contribution in [2.45, 2.75) is 57.0 Å². The summed E-state index contributed by atoms with van der Waals surface area (Å²) < 4.78 is 0. The van der Waals surface area contributed by atoms with Gasteiger partial charge in [0.15, 0.2) is 0 Å². The summed E-state index contributed by atoms with van der Waals surface area (Å²) in [5.41, 5.74) is 1.45. The minimum atomic E-state index is -0.168. The Kier molecular flexibility index (Phi) is 4.37. The van der Waals surface area contributed by atoms with E-state index in [1.165, 1.54) is 38.5 Å². The quantitative estimate of drug-likeness (QED) is 0.836. The van der Waals surface area contributed by atoms with Crippen molar-refractivity contribution < 1.29 is 5.11 Å². The number of aliphatic hydroxyl groups is 1. The number of nitrogens with zero attached hydrogens (tertiary/aromatic N) is 1. The maximum Gasteiger partial charge on any atom is 0.0963 e. The predicted octanol–water partition coefficient (Wildman–Crippen LogP) is 3.81. The van der Waals surface area contributed by atoms with Crippen LogP contribution in [0.4, 0.5) is 0 Å². The number of hydrogen-bond acceptors (Lipinski definition) is 3. The van der Waals surface area contributed by atoms with Crippen LogP contribution in [0.2, 0.25) is 0 Å². The Hall–Kier alpha value is -1.37. The van der Waals surface area contributed by atoms with E-state index in [2.05, 4.69) is 11.4 Å². The van der Waals surface area contributed by atoms with Gasteiger partial charge >= 0.3 is 0 Å². The second kappa shape index (κ2) is 6.50. The second-order valence-electron chi connectivity index (χ2n) is 8.62. The summed E-state index contributed by atoms with van der Waals surface area (Å²) in [5.74, 6) is 2.75. The molecular weight excluding hydrogens is 296 g/mol. The van der Waals surface area contributed by atoms with Gasteiger partial charge in [-0.3, -0.25) is 5.32 Å². The van der Waals surface area contributed by atoms with Crippen molar-refractivity contribution in [2.75, 3.05) is 6.61 Å². The first-order valence-electron chi connectivity index (χ1n) is 9.51. The highest BCUT2D eigenvalue weighted by Gasteiger charge is 2.51. The van der Waals surface area contributed by atoms with Crippen LogP contribution in [0.5, 0.6) is 0 Å². The molecule has 4 aliphatic rings. The molecule has 4 aliphatic carbocycles. The molecule has 2 N–H and O–H groups in total. The van der Waals surface area contributed by atoms with Crippen LogP contribution in [0, 0.1) is 34.5 Å². The Morgan fingerprint density at radius 2 is 1.67 bits per heavy atom. The Labute approximate surface area is 145 Å². The van der Waals surface area contributed by atoms with Crippen LogP contribution in [-0.4, -0.2) is 17.8 Å². The largest absolute Gasteiger partial charge is 0.394 e.